The number of nitrogens with one attached hydrogen (secondary N) is 2. The second-order valence-electron chi connectivity index (χ2n) is 5.24. The summed E-state index contributed by atoms with van der Waals surface area (Å²) in [7, 11) is 1.73. The van der Waals surface area contributed by atoms with Gasteiger partial charge >= 0.3 is 0 Å². The molecule has 1 aromatic heterocycles. The summed E-state index contributed by atoms with van der Waals surface area (Å²) in [6.45, 7) is -0.0421. The van der Waals surface area contributed by atoms with E-state index >= 15 is 0 Å². The minimum absolute atomic E-state index is 0.0421. The lowest BCUT2D eigenvalue weighted by Crippen LogP contribution is -2.21. The van der Waals surface area contributed by atoms with Crippen molar-refractivity contribution in [3.63, 3.8) is 0 Å². The van der Waals surface area contributed by atoms with Gasteiger partial charge < -0.3 is 10.6 Å². The lowest BCUT2D eigenvalue weighted by Gasteiger charge is -2.09. The van der Waals surface area contributed by atoms with Crippen molar-refractivity contribution in [2.24, 2.45) is 7.05 Å². The summed E-state index contributed by atoms with van der Waals surface area (Å²) in [5.41, 5.74) is 1.67. The lowest BCUT2D eigenvalue weighted by atomic mass is 10.2. The summed E-state index contributed by atoms with van der Waals surface area (Å²) in [4.78, 5) is 11.9. The number of carbonyl (C=O) groups is 1. The molecule has 0 aliphatic carbocycles. The molecule has 0 unspecified atom stereocenters. The zero-order valence-electron chi connectivity index (χ0n) is 13.2. The first-order valence-electron chi connectivity index (χ1n) is 7.34. The molecule has 0 radical (unpaired) electrons. The fourth-order valence-electron chi connectivity index (χ4n) is 2.20. The summed E-state index contributed by atoms with van der Waals surface area (Å²) in [6.07, 6.45) is 0. The quantitative estimate of drug-likeness (QED) is 0.741. The summed E-state index contributed by atoms with van der Waals surface area (Å²) in [5, 5.41) is 16.7. The van der Waals surface area contributed by atoms with Crippen molar-refractivity contribution in [3.8, 4) is 11.4 Å². The predicted molar refractivity (Wildman–Crippen MR) is 87.7 cm³/mol. The Morgan fingerprint density at radius 3 is 2.68 bits per heavy atom. The van der Waals surface area contributed by atoms with Crippen LogP contribution in [-0.2, 0) is 11.8 Å². The Hall–Kier alpha value is -3.36. The summed E-state index contributed by atoms with van der Waals surface area (Å²) in [5.74, 6) is -1.78. The highest BCUT2D eigenvalue weighted by atomic mass is 19.2. The first kappa shape index (κ1) is 16.5. The molecule has 7 nitrogen and oxygen atoms in total. The standard InChI is InChI=1S/C16H14F2N6O/c1-24-16(21-22-23-24)10-3-2-4-11(7-10)19-9-15(25)20-12-5-6-13(17)14(18)8-12/h2-8,19H,9H2,1H3,(H,20,25). The smallest absolute Gasteiger partial charge is 0.243 e. The second-order valence-corrected chi connectivity index (χ2v) is 5.24. The molecule has 1 heterocycles. The number of amides is 1. The first-order valence-corrected chi connectivity index (χ1v) is 7.34. The number of halogens is 2. The van der Waals surface area contributed by atoms with Crippen LogP contribution in [0.15, 0.2) is 42.5 Å². The van der Waals surface area contributed by atoms with E-state index in [1.165, 1.54) is 10.7 Å². The molecule has 9 heteroatoms. The summed E-state index contributed by atoms with van der Waals surface area (Å²) < 4.78 is 27.5. The van der Waals surface area contributed by atoms with Gasteiger partial charge in [0.25, 0.3) is 0 Å². The predicted octanol–water partition coefficient (Wildman–Crippen LogP) is 2.21. The molecule has 2 N–H and O–H groups in total. The Labute approximate surface area is 141 Å². The minimum atomic E-state index is -1.02. The number of tetrazole rings is 1. The van der Waals surface area contributed by atoms with E-state index in [1.807, 2.05) is 6.07 Å². The Balaban J connectivity index is 1.62. The van der Waals surface area contributed by atoms with E-state index < -0.39 is 17.5 Å². The van der Waals surface area contributed by atoms with Crippen molar-refractivity contribution >= 4 is 17.3 Å². The van der Waals surface area contributed by atoms with Gasteiger partial charge in [-0.2, -0.15) is 0 Å². The van der Waals surface area contributed by atoms with Gasteiger partial charge in [-0.05, 0) is 34.7 Å². The number of nitrogens with zero attached hydrogens (tertiary/aromatic N) is 4. The largest absolute Gasteiger partial charge is 0.376 e. The molecule has 0 saturated carbocycles. The number of aryl methyl sites for hydroxylation is 1. The van der Waals surface area contributed by atoms with Crippen molar-refractivity contribution in [1.29, 1.82) is 0 Å². The first-order chi connectivity index (χ1) is 12.0. The normalized spacial score (nSPS) is 10.5. The van der Waals surface area contributed by atoms with E-state index in [2.05, 4.69) is 26.2 Å². The number of benzene rings is 2. The van der Waals surface area contributed by atoms with E-state index in [1.54, 1.807) is 25.2 Å². The zero-order valence-corrected chi connectivity index (χ0v) is 13.2. The molecule has 0 aliphatic rings. The van der Waals surface area contributed by atoms with Gasteiger partial charge in [-0.25, -0.2) is 13.5 Å². The molecule has 128 valence electrons. The van der Waals surface area contributed by atoms with Gasteiger partial charge in [0, 0.05) is 30.1 Å². The molecular formula is C16H14F2N6O. The maximum Gasteiger partial charge on any atom is 0.243 e. The Kier molecular flexibility index (Phi) is 4.64. The van der Waals surface area contributed by atoms with Crippen LogP contribution >= 0.6 is 0 Å². The highest BCUT2D eigenvalue weighted by Gasteiger charge is 2.08. The van der Waals surface area contributed by atoms with Crippen molar-refractivity contribution in [2.45, 2.75) is 0 Å². The molecule has 0 bridgehead atoms. The minimum Gasteiger partial charge on any atom is -0.376 e. The van der Waals surface area contributed by atoms with Gasteiger partial charge in [-0.15, -0.1) is 5.10 Å². The van der Waals surface area contributed by atoms with E-state index in [0.29, 0.717) is 11.5 Å². The summed E-state index contributed by atoms with van der Waals surface area (Å²) in [6, 6.07) is 10.4. The molecule has 3 aromatic rings. The maximum atomic E-state index is 13.1. The fourth-order valence-corrected chi connectivity index (χ4v) is 2.20. The maximum absolute atomic E-state index is 13.1. The molecule has 0 fully saturated rings. The number of rotatable bonds is 5. The van der Waals surface area contributed by atoms with Gasteiger partial charge in [0.05, 0.1) is 6.54 Å². The van der Waals surface area contributed by atoms with E-state index in [0.717, 1.165) is 17.7 Å². The van der Waals surface area contributed by atoms with Gasteiger partial charge in [0.15, 0.2) is 17.5 Å². The summed E-state index contributed by atoms with van der Waals surface area (Å²) >= 11 is 0. The third kappa shape index (κ3) is 3.94. The van der Waals surface area contributed by atoms with Crippen LogP contribution in [0, 0.1) is 11.6 Å². The second kappa shape index (κ2) is 7.04. The topological polar surface area (TPSA) is 84.7 Å². The average molecular weight is 344 g/mol. The monoisotopic (exact) mass is 344 g/mol. The molecule has 2 aromatic carbocycles. The van der Waals surface area contributed by atoms with E-state index in [9.17, 15) is 13.6 Å². The van der Waals surface area contributed by atoms with Crippen LogP contribution in [0.2, 0.25) is 0 Å². The van der Waals surface area contributed by atoms with Gasteiger partial charge in [0.2, 0.25) is 5.91 Å². The van der Waals surface area contributed by atoms with Crippen LogP contribution < -0.4 is 10.6 Å². The molecule has 1 amide bonds. The Bertz CT molecular complexity index is 911. The van der Waals surface area contributed by atoms with E-state index in [-0.39, 0.29) is 12.2 Å². The van der Waals surface area contributed by atoms with Crippen LogP contribution in [0.5, 0.6) is 0 Å². The van der Waals surface area contributed by atoms with Crippen molar-refractivity contribution in [3.05, 3.63) is 54.1 Å². The van der Waals surface area contributed by atoms with Crippen LogP contribution in [0.3, 0.4) is 0 Å². The van der Waals surface area contributed by atoms with Crippen LogP contribution in [-0.4, -0.2) is 32.7 Å². The Morgan fingerprint density at radius 2 is 1.96 bits per heavy atom. The van der Waals surface area contributed by atoms with Crippen molar-refractivity contribution < 1.29 is 13.6 Å². The molecule has 0 atom stereocenters. The zero-order chi connectivity index (χ0) is 17.8. The molecule has 3 rings (SSSR count). The lowest BCUT2D eigenvalue weighted by molar-refractivity contribution is -0.114. The third-order valence-corrected chi connectivity index (χ3v) is 3.40. The number of carbonyl (C=O) groups excluding carboxylic acids is 1. The van der Waals surface area contributed by atoms with E-state index in [4.69, 9.17) is 0 Å². The number of anilines is 2. The van der Waals surface area contributed by atoms with Crippen LogP contribution in [0.4, 0.5) is 20.2 Å². The van der Waals surface area contributed by atoms with Gasteiger partial charge in [-0.1, -0.05) is 12.1 Å². The van der Waals surface area contributed by atoms with Gasteiger partial charge in [0.1, 0.15) is 0 Å². The Morgan fingerprint density at radius 1 is 1.12 bits per heavy atom. The van der Waals surface area contributed by atoms with Crippen molar-refractivity contribution in [2.75, 3.05) is 17.2 Å². The number of hydrogen-bond donors (Lipinski definition) is 2. The third-order valence-electron chi connectivity index (χ3n) is 3.40. The molecule has 0 spiro atoms. The SMILES string of the molecule is Cn1nnnc1-c1cccc(NCC(=O)Nc2ccc(F)c(F)c2)c1. The molecule has 25 heavy (non-hydrogen) atoms. The van der Waals surface area contributed by atoms with Crippen molar-refractivity contribution in [1.82, 2.24) is 20.2 Å². The fraction of sp³-hybridized carbons (Fsp3) is 0.125. The average Bonchev–Trinajstić information content (AvgIpc) is 3.03. The number of hydrogen-bond acceptors (Lipinski definition) is 5. The molecule has 0 saturated heterocycles. The molecule has 0 aliphatic heterocycles. The highest BCUT2D eigenvalue weighted by Crippen LogP contribution is 2.19. The van der Waals surface area contributed by atoms with Gasteiger partial charge in [-0.3, -0.25) is 4.79 Å². The molecular weight excluding hydrogens is 330 g/mol. The number of aromatic nitrogens is 4. The van der Waals surface area contributed by atoms with Crippen LogP contribution in [0.1, 0.15) is 0 Å². The highest BCUT2D eigenvalue weighted by molar-refractivity contribution is 5.93. The van der Waals surface area contributed by atoms with Crippen LogP contribution in [0.25, 0.3) is 11.4 Å².